The van der Waals surface area contributed by atoms with E-state index in [1.807, 2.05) is 31.4 Å². The minimum Gasteiger partial charge on any atom is -0.317 e. The van der Waals surface area contributed by atoms with E-state index in [1.165, 1.54) is 6.07 Å². The normalized spacial score (nSPS) is 26.4. The van der Waals surface area contributed by atoms with Crippen molar-refractivity contribution in [3.05, 3.63) is 69.0 Å². The largest absolute Gasteiger partial charge is 0.317 e. The van der Waals surface area contributed by atoms with Crippen molar-refractivity contribution in [1.82, 2.24) is 9.58 Å². The van der Waals surface area contributed by atoms with Crippen LogP contribution in [-0.2, 0) is 9.59 Å². The molecule has 164 valence electrons. The number of amides is 2. The number of imide groups is 1. The van der Waals surface area contributed by atoms with Gasteiger partial charge >= 0.3 is 0 Å². The lowest BCUT2D eigenvalue weighted by atomic mass is 9.63. The fraction of sp³-hybridized carbons (Fsp3) is 0.375. The van der Waals surface area contributed by atoms with Crippen LogP contribution >= 0.6 is 0 Å². The van der Waals surface area contributed by atoms with Gasteiger partial charge in [0.05, 0.1) is 28.7 Å². The van der Waals surface area contributed by atoms with Crippen molar-refractivity contribution in [2.24, 2.45) is 28.8 Å². The number of benzene rings is 1. The molecule has 1 aromatic heterocycles. The number of aryl methyl sites for hydroxylation is 2. The second-order valence-electron chi connectivity index (χ2n) is 8.96. The van der Waals surface area contributed by atoms with Crippen LogP contribution in [0, 0.1) is 54.6 Å². The van der Waals surface area contributed by atoms with Crippen molar-refractivity contribution in [2.75, 3.05) is 0 Å². The Morgan fingerprint density at radius 1 is 1.03 bits per heavy atom. The Kier molecular flexibility index (Phi) is 4.62. The lowest BCUT2D eigenvalue weighted by Crippen LogP contribution is -2.38. The molecule has 4 aliphatic rings. The van der Waals surface area contributed by atoms with Gasteiger partial charge in [-0.1, -0.05) is 18.2 Å². The average molecular weight is 432 g/mol. The second kappa shape index (κ2) is 7.25. The van der Waals surface area contributed by atoms with Gasteiger partial charge < -0.3 is 4.57 Å². The Hall–Kier alpha value is -3.55. The number of hydrazone groups is 1. The van der Waals surface area contributed by atoms with E-state index in [9.17, 15) is 19.7 Å². The van der Waals surface area contributed by atoms with Crippen LogP contribution in [-0.4, -0.2) is 32.5 Å². The van der Waals surface area contributed by atoms with Gasteiger partial charge in [-0.2, -0.15) is 10.1 Å². The first-order chi connectivity index (χ1) is 15.3. The summed E-state index contributed by atoms with van der Waals surface area (Å²) in [5.74, 6) is -0.740. The molecule has 2 aromatic rings. The maximum absolute atomic E-state index is 13.0. The van der Waals surface area contributed by atoms with Crippen LogP contribution in [0.3, 0.4) is 0 Å². The number of aromatic nitrogens is 1. The Morgan fingerprint density at radius 3 is 2.22 bits per heavy atom. The van der Waals surface area contributed by atoms with Crippen molar-refractivity contribution in [3.8, 4) is 5.69 Å². The lowest BCUT2D eigenvalue weighted by molar-refractivity contribution is -0.384. The number of nitro benzene ring substituents is 1. The number of non-ortho nitro benzene ring substituents is 1. The molecule has 2 bridgehead atoms. The number of rotatable bonds is 4. The lowest BCUT2D eigenvalue weighted by Gasteiger charge is -2.37. The van der Waals surface area contributed by atoms with Gasteiger partial charge in [0.1, 0.15) is 0 Å². The number of nitrogens with zero attached hydrogens (tertiary/aromatic N) is 4. The molecular weight excluding hydrogens is 408 g/mol. The van der Waals surface area contributed by atoms with Crippen molar-refractivity contribution in [3.63, 3.8) is 0 Å². The van der Waals surface area contributed by atoms with E-state index in [0.29, 0.717) is 0 Å². The van der Waals surface area contributed by atoms with Gasteiger partial charge in [-0.3, -0.25) is 19.7 Å². The van der Waals surface area contributed by atoms with E-state index in [1.54, 1.807) is 18.3 Å². The second-order valence-corrected chi connectivity index (χ2v) is 8.96. The summed E-state index contributed by atoms with van der Waals surface area (Å²) in [6, 6.07) is 6.67. The van der Waals surface area contributed by atoms with Gasteiger partial charge in [0, 0.05) is 29.1 Å². The highest BCUT2D eigenvalue weighted by Gasteiger charge is 2.56. The summed E-state index contributed by atoms with van der Waals surface area (Å²) < 4.78 is 1.93. The Morgan fingerprint density at radius 2 is 1.66 bits per heavy atom. The van der Waals surface area contributed by atoms with E-state index in [0.717, 1.165) is 46.1 Å². The quantitative estimate of drug-likeness (QED) is 0.241. The molecule has 0 radical (unpaired) electrons. The Labute approximate surface area is 185 Å². The van der Waals surface area contributed by atoms with Gasteiger partial charge in [0.15, 0.2) is 0 Å². The van der Waals surface area contributed by atoms with Gasteiger partial charge in [-0.15, -0.1) is 0 Å². The topological polar surface area (TPSA) is 97.8 Å². The van der Waals surface area contributed by atoms with Crippen LogP contribution in [0.4, 0.5) is 5.69 Å². The van der Waals surface area contributed by atoms with E-state index in [2.05, 4.69) is 17.3 Å². The van der Waals surface area contributed by atoms with Gasteiger partial charge in [-0.25, -0.2) is 0 Å². The molecule has 2 fully saturated rings. The molecule has 4 atom stereocenters. The molecule has 3 aliphatic carbocycles. The number of carbonyl (C=O) groups excluding carboxylic acids is 2. The molecule has 8 nitrogen and oxygen atoms in total. The maximum atomic E-state index is 13.0. The van der Waals surface area contributed by atoms with Crippen LogP contribution in [0.1, 0.15) is 35.4 Å². The SMILES string of the molecule is Cc1ccc([N+](=O)[O-])cc1-n1c(C)cc(/C=N\N2C(=O)[C@@H]3[C@@H](C2=O)[C@H]2C=C[C@H]3CC2)c1C. The monoisotopic (exact) mass is 432 g/mol. The molecule has 8 heteroatoms. The highest BCUT2D eigenvalue weighted by atomic mass is 16.6. The number of hydrogen-bond acceptors (Lipinski definition) is 5. The van der Waals surface area contributed by atoms with E-state index in [4.69, 9.17) is 0 Å². The molecule has 1 saturated carbocycles. The number of hydrogen-bond donors (Lipinski definition) is 0. The van der Waals surface area contributed by atoms with Crippen LogP contribution in [0.25, 0.3) is 5.69 Å². The molecule has 1 saturated heterocycles. The number of fused-ring (bicyclic) bond motifs is 1. The van der Waals surface area contributed by atoms with E-state index in [-0.39, 0.29) is 41.2 Å². The van der Waals surface area contributed by atoms with E-state index < -0.39 is 4.92 Å². The fourth-order valence-corrected chi connectivity index (χ4v) is 5.53. The first kappa shape index (κ1) is 20.4. The first-order valence-corrected chi connectivity index (χ1v) is 10.8. The van der Waals surface area contributed by atoms with Gasteiger partial charge in [-0.05, 0) is 57.1 Å². The van der Waals surface area contributed by atoms with Gasteiger partial charge in [0.2, 0.25) is 0 Å². The zero-order valence-corrected chi connectivity index (χ0v) is 18.2. The molecule has 2 heterocycles. The van der Waals surface area contributed by atoms with Crippen molar-refractivity contribution in [2.45, 2.75) is 33.6 Å². The fourth-order valence-electron chi connectivity index (χ4n) is 5.53. The maximum Gasteiger partial charge on any atom is 0.271 e. The zero-order chi connectivity index (χ0) is 22.7. The summed E-state index contributed by atoms with van der Waals surface area (Å²) in [7, 11) is 0. The van der Waals surface area contributed by atoms with Crippen molar-refractivity contribution in [1.29, 1.82) is 0 Å². The number of carbonyl (C=O) groups is 2. The molecule has 32 heavy (non-hydrogen) atoms. The molecule has 0 spiro atoms. The number of allylic oxidation sites excluding steroid dienone is 2. The summed E-state index contributed by atoms with van der Waals surface area (Å²) in [6.45, 7) is 5.70. The zero-order valence-electron chi connectivity index (χ0n) is 18.2. The summed E-state index contributed by atoms with van der Waals surface area (Å²) >= 11 is 0. The molecule has 1 aromatic carbocycles. The predicted octanol–water partition coefficient (Wildman–Crippen LogP) is 3.84. The van der Waals surface area contributed by atoms with E-state index >= 15 is 0 Å². The molecular formula is C24H24N4O4. The minimum atomic E-state index is -0.411. The molecule has 1 aliphatic heterocycles. The average Bonchev–Trinajstić information content (AvgIpc) is 3.21. The standard InChI is InChI=1S/C24H24N4O4/c1-13-4-9-19(28(31)32)11-20(13)26-14(2)10-18(15(26)3)12-25-27-23(29)21-16-5-6-17(8-7-16)22(21)24(27)30/h4-6,9-12,16-17,21-22H,7-8H2,1-3H3/b25-12-/t16-,17-,21-,22-/m0/s1. The molecule has 2 amide bonds. The predicted molar refractivity (Wildman–Crippen MR) is 118 cm³/mol. The summed E-state index contributed by atoms with van der Waals surface area (Å²) in [5, 5.41) is 16.6. The molecule has 0 N–H and O–H groups in total. The Balaban J connectivity index is 1.47. The summed E-state index contributed by atoms with van der Waals surface area (Å²) in [4.78, 5) is 36.8. The smallest absolute Gasteiger partial charge is 0.271 e. The third-order valence-corrected chi connectivity index (χ3v) is 7.16. The van der Waals surface area contributed by atoms with Crippen LogP contribution in [0.2, 0.25) is 0 Å². The third kappa shape index (κ3) is 2.93. The minimum absolute atomic E-state index is 0.0208. The van der Waals surface area contributed by atoms with Gasteiger partial charge in [0.25, 0.3) is 17.5 Å². The molecule has 0 unspecified atom stereocenters. The molecule has 6 rings (SSSR count). The first-order valence-electron chi connectivity index (χ1n) is 10.8. The van der Waals surface area contributed by atoms with Crippen molar-refractivity contribution < 1.29 is 14.5 Å². The van der Waals surface area contributed by atoms with Crippen LogP contribution < -0.4 is 0 Å². The third-order valence-electron chi connectivity index (χ3n) is 7.16. The summed E-state index contributed by atoms with van der Waals surface area (Å²) in [6.07, 6.45) is 7.62. The highest BCUT2D eigenvalue weighted by Crippen LogP contribution is 2.49. The van der Waals surface area contributed by atoms with Crippen LogP contribution in [0.15, 0.2) is 41.5 Å². The van der Waals surface area contributed by atoms with Crippen LogP contribution in [0.5, 0.6) is 0 Å². The highest BCUT2D eigenvalue weighted by molar-refractivity contribution is 6.06. The number of nitro groups is 1. The summed E-state index contributed by atoms with van der Waals surface area (Å²) in [5.41, 5.74) is 4.10. The Bertz CT molecular complexity index is 1190. The van der Waals surface area contributed by atoms with Crippen molar-refractivity contribution >= 4 is 23.7 Å².